The molecule has 0 radical (unpaired) electrons. The number of benzene rings is 1. The zero-order valence-corrected chi connectivity index (χ0v) is 13.6. The average molecular weight is 306 g/mol. The molecule has 1 saturated carbocycles. The van der Waals surface area contributed by atoms with Gasteiger partial charge in [0.05, 0.1) is 0 Å². The monoisotopic (exact) mass is 305 g/mol. The Morgan fingerprint density at radius 1 is 1.29 bits per heavy atom. The van der Waals surface area contributed by atoms with Gasteiger partial charge in [0.2, 0.25) is 0 Å². The molecule has 1 aliphatic rings. The lowest BCUT2D eigenvalue weighted by molar-refractivity contribution is 0.210. The van der Waals surface area contributed by atoms with Crippen molar-refractivity contribution in [3.05, 3.63) is 35.0 Å². The standard InChI is InChI=1S/C18H24ClNO/c1-3-12-4-5-13(11-20-2)16(8-12)18-10-14-9-15(19)6-7-17(14)21-18/h6-7,9-10,12-13,16,20H,3-5,8,11H2,1-2H3. The Morgan fingerprint density at radius 3 is 2.90 bits per heavy atom. The van der Waals surface area contributed by atoms with Gasteiger partial charge in [-0.3, -0.25) is 0 Å². The van der Waals surface area contributed by atoms with Crippen molar-refractivity contribution in [3.63, 3.8) is 0 Å². The van der Waals surface area contributed by atoms with Crippen molar-refractivity contribution < 1.29 is 4.42 Å². The Balaban J connectivity index is 1.92. The molecule has 3 atom stereocenters. The topological polar surface area (TPSA) is 25.2 Å². The summed E-state index contributed by atoms with van der Waals surface area (Å²) in [5.41, 5.74) is 0.955. The first-order chi connectivity index (χ1) is 10.2. The molecule has 1 N–H and O–H groups in total. The van der Waals surface area contributed by atoms with Crippen molar-refractivity contribution in [1.82, 2.24) is 5.32 Å². The minimum Gasteiger partial charge on any atom is -0.461 e. The lowest BCUT2D eigenvalue weighted by Crippen LogP contribution is -2.30. The van der Waals surface area contributed by atoms with Crippen LogP contribution in [0, 0.1) is 11.8 Å². The number of nitrogens with one attached hydrogen (secondary N) is 1. The predicted octanol–water partition coefficient (Wildman–Crippen LogP) is 5.22. The van der Waals surface area contributed by atoms with E-state index in [2.05, 4.69) is 18.3 Å². The molecule has 1 heterocycles. The Bertz CT molecular complexity index is 606. The molecule has 0 bridgehead atoms. The highest BCUT2D eigenvalue weighted by atomic mass is 35.5. The summed E-state index contributed by atoms with van der Waals surface area (Å²) >= 11 is 6.09. The lowest BCUT2D eigenvalue weighted by atomic mass is 9.72. The summed E-state index contributed by atoms with van der Waals surface area (Å²) in [4.78, 5) is 0. The van der Waals surface area contributed by atoms with Gasteiger partial charge in [0.25, 0.3) is 0 Å². The second-order valence-electron chi connectivity index (χ2n) is 6.34. The molecule has 1 aromatic carbocycles. The van der Waals surface area contributed by atoms with Crippen LogP contribution in [0.4, 0.5) is 0 Å². The molecule has 0 saturated heterocycles. The molecule has 2 nitrogen and oxygen atoms in total. The normalized spacial score (nSPS) is 26.3. The van der Waals surface area contributed by atoms with Crippen LogP contribution in [0.25, 0.3) is 11.0 Å². The summed E-state index contributed by atoms with van der Waals surface area (Å²) in [7, 11) is 2.04. The van der Waals surface area contributed by atoms with E-state index in [1.807, 2.05) is 25.2 Å². The molecule has 1 aliphatic carbocycles. The number of hydrogen-bond donors (Lipinski definition) is 1. The second-order valence-corrected chi connectivity index (χ2v) is 6.78. The zero-order valence-electron chi connectivity index (χ0n) is 12.9. The van der Waals surface area contributed by atoms with E-state index < -0.39 is 0 Å². The van der Waals surface area contributed by atoms with E-state index in [0.717, 1.165) is 34.2 Å². The number of rotatable bonds is 4. The molecule has 2 aromatic rings. The highest BCUT2D eigenvalue weighted by Gasteiger charge is 2.32. The van der Waals surface area contributed by atoms with Gasteiger partial charge >= 0.3 is 0 Å². The first kappa shape index (κ1) is 14.9. The minimum absolute atomic E-state index is 0.530. The van der Waals surface area contributed by atoms with Crippen molar-refractivity contribution in [2.45, 2.75) is 38.5 Å². The molecular formula is C18H24ClNO. The van der Waals surface area contributed by atoms with E-state index in [1.54, 1.807) is 0 Å². The van der Waals surface area contributed by atoms with E-state index in [1.165, 1.54) is 25.7 Å². The van der Waals surface area contributed by atoms with Crippen molar-refractivity contribution in [1.29, 1.82) is 0 Å². The van der Waals surface area contributed by atoms with Crippen LogP contribution in [0.5, 0.6) is 0 Å². The van der Waals surface area contributed by atoms with Crippen LogP contribution in [0.1, 0.15) is 44.3 Å². The fraction of sp³-hybridized carbons (Fsp3) is 0.556. The second kappa shape index (κ2) is 6.41. The van der Waals surface area contributed by atoms with Crippen LogP contribution in [0.3, 0.4) is 0 Å². The molecule has 0 aliphatic heterocycles. The van der Waals surface area contributed by atoms with E-state index in [0.29, 0.717) is 11.8 Å². The number of fused-ring (bicyclic) bond motifs is 1. The van der Waals surface area contributed by atoms with Crippen LogP contribution >= 0.6 is 11.6 Å². The van der Waals surface area contributed by atoms with Gasteiger partial charge in [0, 0.05) is 16.3 Å². The van der Waals surface area contributed by atoms with E-state index in [4.69, 9.17) is 16.0 Å². The van der Waals surface area contributed by atoms with E-state index in [-0.39, 0.29) is 0 Å². The van der Waals surface area contributed by atoms with Gasteiger partial charge in [-0.05, 0) is 62.5 Å². The van der Waals surface area contributed by atoms with Crippen LogP contribution < -0.4 is 5.32 Å². The molecule has 114 valence electrons. The molecule has 0 spiro atoms. The Labute approximate surface area is 131 Å². The summed E-state index contributed by atoms with van der Waals surface area (Å²) < 4.78 is 6.15. The Hall–Kier alpha value is -0.990. The van der Waals surface area contributed by atoms with Gasteiger partial charge in [-0.2, -0.15) is 0 Å². The van der Waals surface area contributed by atoms with Crippen LogP contribution in [0.2, 0.25) is 5.02 Å². The largest absolute Gasteiger partial charge is 0.461 e. The lowest BCUT2D eigenvalue weighted by Gasteiger charge is -2.34. The van der Waals surface area contributed by atoms with E-state index >= 15 is 0 Å². The summed E-state index contributed by atoms with van der Waals surface area (Å²) in [6.07, 6.45) is 5.17. The first-order valence-corrected chi connectivity index (χ1v) is 8.42. The molecule has 0 amide bonds. The third-order valence-corrected chi connectivity index (χ3v) is 5.24. The number of hydrogen-bond acceptors (Lipinski definition) is 2. The fourth-order valence-corrected chi connectivity index (χ4v) is 3.94. The van der Waals surface area contributed by atoms with Crippen LogP contribution in [-0.2, 0) is 0 Å². The molecule has 3 heteroatoms. The quantitative estimate of drug-likeness (QED) is 0.838. The van der Waals surface area contributed by atoms with Gasteiger partial charge in [0.15, 0.2) is 0 Å². The molecular weight excluding hydrogens is 282 g/mol. The Kier molecular flexibility index (Phi) is 4.56. The smallest absolute Gasteiger partial charge is 0.134 e. The summed E-state index contributed by atoms with van der Waals surface area (Å²) in [6, 6.07) is 8.08. The molecule has 1 aromatic heterocycles. The maximum atomic E-state index is 6.15. The van der Waals surface area contributed by atoms with Crippen molar-refractivity contribution in [2.24, 2.45) is 11.8 Å². The summed E-state index contributed by atoms with van der Waals surface area (Å²) in [5.74, 6) is 3.18. The van der Waals surface area contributed by atoms with Gasteiger partial charge < -0.3 is 9.73 Å². The van der Waals surface area contributed by atoms with Gasteiger partial charge in [-0.25, -0.2) is 0 Å². The average Bonchev–Trinajstić information content (AvgIpc) is 2.90. The van der Waals surface area contributed by atoms with Gasteiger partial charge in [0.1, 0.15) is 11.3 Å². The van der Waals surface area contributed by atoms with Crippen molar-refractivity contribution in [2.75, 3.05) is 13.6 Å². The zero-order chi connectivity index (χ0) is 14.8. The predicted molar refractivity (Wildman–Crippen MR) is 89.0 cm³/mol. The maximum absolute atomic E-state index is 6.15. The van der Waals surface area contributed by atoms with E-state index in [9.17, 15) is 0 Å². The molecule has 21 heavy (non-hydrogen) atoms. The SMILES string of the molecule is CCC1CCC(CNC)C(c2cc3cc(Cl)ccc3o2)C1. The van der Waals surface area contributed by atoms with Gasteiger partial charge in [-0.1, -0.05) is 31.4 Å². The first-order valence-electron chi connectivity index (χ1n) is 8.04. The summed E-state index contributed by atoms with van der Waals surface area (Å²) in [6.45, 7) is 3.37. The highest BCUT2D eigenvalue weighted by molar-refractivity contribution is 6.31. The number of halogens is 1. The Morgan fingerprint density at radius 2 is 2.14 bits per heavy atom. The van der Waals surface area contributed by atoms with Crippen LogP contribution in [0.15, 0.2) is 28.7 Å². The molecule has 3 rings (SSSR count). The van der Waals surface area contributed by atoms with Crippen molar-refractivity contribution >= 4 is 22.6 Å². The fourth-order valence-electron chi connectivity index (χ4n) is 3.76. The molecule has 1 fully saturated rings. The number of furan rings is 1. The maximum Gasteiger partial charge on any atom is 0.134 e. The van der Waals surface area contributed by atoms with Gasteiger partial charge in [-0.15, -0.1) is 0 Å². The highest BCUT2D eigenvalue weighted by Crippen LogP contribution is 2.43. The summed E-state index contributed by atoms with van der Waals surface area (Å²) in [5, 5.41) is 5.25. The third-order valence-electron chi connectivity index (χ3n) is 5.01. The minimum atomic E-state index is 0.530. The third kappa shape index (κ3) is 3.12. The molecule has 3 unspecified atom stereocenters. The van der Waals surface area contributed by atoms with Crippen molar-refractivity contribution in [3.8, 4) is 0 Å². The van der Waals surface area contributed by atoms with Crippen LogP contribution in [-0.4, -0.2) is 13.6 Å².